The summed E-state index contributed by atoms with van der Waals surface area (Å²) in [5, 5.41) is 3.38. The number of benzene rings is 1. The number of amides is 2. The van der Waals surface area contributed by atoms with Crippen LogP contribution in [-0.2, 0) is 0 Å². The molecule has 0 spiro atoms. The van der Waals surface area contributed by atoms with Crippen LogP contribution >= 0.6 is 11.6 Å². The van der Waals surface area contributed by atoms with Gasteiger partial charge in [-0.3, -0.25) is 0 Å². The van der Waals surface area contributed by atoms with Crippen LogP contribution < -0.4 is 10.1 Å². The van der Waals surface area contributed by atoms with Crippen LogP contribution in [0, 0.1) is 11.8 Å². The van der Waals surface area contributed by atoms with Crippen LogP contribution in [0.2, 0.25) is 5.02 Å². The first kappa shape index (κ1) is 15.0. The van der Waals surface area contributed by atoms with Gasteiger partial charge in [0.2, 0.25) is 0 Å². The molecule has 5 heteroatoms. The Morgan fingerprint density at radius 2 is 2.00 bits per heavy atom. The second-order valence-corrected chi connectivity index (χ2v) is 6.04. The van der Waals surface area contributed by atoms with Gasteiger partial charge in [-0.15, -0.1) is 0 Å². The van der Waals surface area contributed by atoms with Crippen molar-refractivity contribution in [3.63, 3.8) is 0 Å². The molecule has 2 atom stereocenters. The summed E-state index contributed by atoms with van der Waals surface area (Å²) < 4.78 is 5.09. The van der Waals surface area contributed by atoms with Crippen LogP contribution in [-0.4, -0.2) is 31.1 Å². The van der Waals surface area contributed by atoms with E-state index in [1.807, 2.05) is 4.90 Å². The van der Waals surface area contributed by atoms with Gasteiger partial charge in [-0.1, -0.05) is 25.4 Å². The highest BCUT2D eigenvalue weighted by Gasteiger charge is 2.25. The molecule has 1 aliphatic heterocycles. The lowest BCUT2D eigenvalue weighted by Crippen LogP contribution is -2.44. The maximum atomic E-state index is 12.3. The molecule has 0 radical (unpaired) electrons. The Kier molecular flexibility index (Phi) is 4.76. The first-order valence-electron chi connectivity index (χ1n) is 6.89. The van der Waals surface area contributed by atoms with Crippen molar-refractivity contribution in [3.05, 3.63) is 23.2 Å². The lowest BCUT2D eigenvalue weighted by atomic mass is 9.92. The third-order valence-corrected chi connectivity index (χ3v) is 3.85. The van der Waals surface area contributed by atoms with E-state index < -0.39 is 0 Å². The second-order valence-electron chi connectivity index (χ2n) is 5.63. The first-order chi connectivity index (χ1) is 9.49. The van der Waals surface area contributed by atoms with Gasteiger partial charge in [-0.05, 0) is 36.5 Å². The van der Waals surface area contributed by atoms with E-state index in [9.17, 15) is 4.79 Å². The summed E-state index contributed by atoms with van der Waals surface area (Å²) in [5.41, 5.74) is 0.687. The monoisotopic (exact) mass is 296 g/mol. The molecule has 1 heterocycles. The van der Waals surface area contributed by atoms with Crippen molar-refractivity contribution in [1.82, 2.24) is 4.90 Å². The Morgan fingerprint density at radius 1 is 1.35 bits per heavy atom. The molecule has 0 aromatic heterocycles. The number of hydrogen-bond acceptors (Lipinski definition) is 2. The summed E-state index contributed by atoms with van der Waals surface area (Å²) in [6.45, 7) is 5.97. The largest absolute Gasteiger partial charge is 0.495 e. The third kappa shape index (κ3) is 3.57. The number of rotatable bonds is 2. The molecule has 20 heavy (non-hydrogen) atoms. The van der Waals surface area contributed by atoms with Crippen LogP contribution in [0.25, 0.3) is 0 Å². The Hall–Kier alpha value is -1.42. The van der Waals surface area contributed by atoms with E-state index in [1.54, 1.807) is 25.3 Å². The van der Waals surface area contributed by atoms with Crippen LogP contribution in [0.5, 0.6) is 5.75 Å². The van der Waals surface area contributed by atoms with E-state index in [1.165, 1.54) is 6.42 Å². The molecule has 1 saturated heterocycles. The number of anilines is 1. The Labute approximate surface area is 125 Å². The Balaban J connectivity index is 2.02. The molecule has 1 aromatic carbocycles. The lowest BCUT2D eigenvalue weighted by Gasteiger charge is -2.34. The molecule has 2 amide bonds. The third-order valence-electron chi connectivity index (χ3n) is 3.56. The van der Waals surface area contributed by atoms with E-state index in [0.717, 1.165) is 13.1 Å². The van der Waals surface area contributed by atoms with Gasteiger partial charge < -0.3 is 15.0 Å². The molecular weight excluding hydrogens is 276 g/mol. The number of likely N-dealkylation sites (tertiary alicyclic amines) is 1. The van der Waals surface area contributed by atoms with Gasteiger partial charge in [0.15, 0.2) is 0 Å². The number of ether oxygens (including phenoxy) is 1. The maximum absolute atomic E-state index is 12.3. The van der Waals surface area contributed by atoms with Crippen molar-refractivity contribution < 1.29 is 9.53 Å². The number of methoxy groups -OCH3 is 1. The summed E-state index contributed by atoms with van der Waals surface area (Å²) in [6, 6.07) is 5.18. The summed E-state index contributed by atoms with van der Waals surface area (Å²) in [4.78, 5) is 14.1. The highest BCUT2D eigenvalue weighted by atomic mass is 35.5. The fraction of sp³-hybridized carbons (Fsp3) is 0.533. The fourth-order valence-corrected chi connectivity index (χ4v) is 3.03. The van der Waals surface area contributed by atoms with Gasteiger partial charge in [-0.2, -0.15) is 0 Å². The highest BCUT2D eigenvalue weighted by molar-refractivity contribution is 6.32. The van der Waals surface area contributed by atoms with Crippen molar-refractivity contribution in [2.45, 2.75) is 20.3 Å². The van der Waals surface area contributed by atoms with E-state index in [4.69, 9.17) is 16.3 Å². The normalized spacial score (nSPS) is 22.5. The van der Waals surface area contributed by atoms with Gasteiger partial charge in [0.25, 0.3) is 0 Å². The summed E-state index contributed by atoms with van der Waals surface area (Å²) in [6.07, 6.45) is 1.18. The molecule has 0 bridgehead atoms. The fourth-order valence-electron chi connectivity index (χ4n) is 2.78. The van der Waals surface area contributed by atoms with Gasteiger partial charge in [-0.25, -0.2) is 4.79 Å². The highest BCUT2D eigenvalue weighted by Crippen LogP contribution is 2.28. The van der Waals surface area contributed by atoms with Gasteiger partial charge in [0, 0.05) is 18.8 Å². The van der Waals surface area contributed by atoms with Crippen molar-refractivity contribution >= 4 is 23.3 Å². The van der Waals surface area contributed by atoms with Gasteiger partial charge in [0.1, 0.15) is 5.75 Å². The molecule has 1 aliphatic rings. The maximum Gasteiger partial charge on any atom is 0.321 e. The second kappa shape index (κ2) is 6.35. The quantitative estimate of drug-likeness (QED) is 0.900. The van der Waals surface area contributed by atoms with Crippen molar-refractivity contribution in [2.75, 3.05) is 25.5 Å². The molecule has 0 unspecified atom stereocenters. The molecule has 2 rings (SSSR count). The standard InChI is InChI=1S/C15H21ClN2O2/c1-10-6-11(2)9-18(8-10)15(19)17-12-4-5-14(20-3)13(16)7-12/h4-5,7,10-11H,6,8-9H2,1-3H3,(H,17,19)/t10-,11-/m1/s1. The number of piperidine rings is 1. The minimum absolute atomic E-state index is 0.0652. The molecule has 0 aliphatic carbocycles. The SMILES string of the molecule is COc1ccc(NC(=O)N2C[C@H](C)C[C@@H](C)C2)cc1Cl. The minimum atomic E-state index is -0.0652. The number of carbonyl (C=O) groups excluding carboxylic acids is 1. The summed E-state index contributed by atoms with van der Waals surface area (Å²) >= 11 is 6.06. The molecule has 1 fully saturated rings. The van der Waals surface area contributed by atoms with Gasteiger partial charge in [0.05, 0.1) is 12.1 Å². The summed E-state index contributed by atoms with van der Waals surface area (Å²) in [5.74, 6) is 1.69. The van der Waals surface area contributed by atoms with E-state index in [2.05, 4.69) is 19.2 Å². The topological polar surface area (TPSA) is 41.6 Å². The summed E-state index contributed by atoms with van der Waals surface area (Å²) in [7, 11) is 1.57. The van der Waals surface area contributed by atoms with Crippen molar-refractivity contribution in [2.24, 2.45) is 11.8 Å². The number of nitrogens with zero attached hydrogens (tertiary/aromatic N) is 1. The number of urea groups is 1. The average molecular weight is 297 g/mol. The van der Waals surface area contributed by atoms with E-state index in [0.29, 0.717) is 28.3 Å². The van der Waals surface area contributed by atoms with Gasteiger partial charge >= 0.3 is 6.03 Å². The molecule has 0 saturated carbocycles. The number of nitrogens with one attached hydrogen (secondary N) is 1. The van der Waals surface area contributed by atoms with E-state index in [-0.39, 0.29) is 6.03 Å². The molecule has 1 N–H and O–H groups in total. The number of halogens is 1. The molecule has 1 aromatic rings. The minimum Gasteiger partial charge on any atom is -0.495 e. The zero-order chi connectivity index (χ0) is 14.7. The molecule has 4 nitrogen and oxygen atoms in total. The number of hydrogen-bond donors (Lipinski definition) is 1. The Morgan fingerprint density at radius 3 is 2.55 bits per heavy atom. The van der Waals surface area contributed by atoms with Crippen LogP contribution in [0.4, 0.5) is 10.5 Å². The molecular formula is C15H21ClN2O2. The van der Waals surface area contributed by atoms with Crippen LogP contribution in [0.1, 0.15) is 20.3 Å². The number of carbonyl (C=O) groups is 1. The molecule has 110 valence electrons. The average Bonchev–Trinajstić information content (AvgIpc) is 2.37. The lowest BCUT2D eigenvalue weighted by molar-refractivity contribution is 0.156. The van der Waals surface area contributed by atoms with E-state index >= 15 is 0 Å². The Bertz CT molecular complexity index is 483. The zero-order valence-electron chi connectivity index (χ0n) is 12.1. The van der Waals surface area contributed by atoms with Crippen molar-refractivity contribution in [1.29, 1.82) is 0 Å². The first-order valence-corrected chi connectivity index (χ1v) is 7.27. The zero-order valence-corrected chi connectivity index (χ0v) is 12.9. The predicted molar refractivity (Wildman–Crippen MR) is 81.5 cm³/mol. The van der Waals surface area contributed by atoms with Crippen LogP contribution in [0.3, 0.4) is 0 Å². The van der Waals surface area contributed by atoms with Crippen LogP contribution in [0.15, 0.2) is 18.2 Å². The smallest absolute Gasteiger partial charge is 0.321 e. The predicted octanol–water partition coefficient (Wildman–Crippen LogP) is 3.86. The van der Waals surface area contributed by atoms with Crippen molar-refractivity contribution in [3.8, 4) is 5.75 Å².